The summed E-state index contributed by atoms with van der Waals surface area (Å²) in [6.45, 7) is 3.18. The fraction of sp³-hybridized carbons (Fsp3) is 0.103. The van der Waals surface area contributed by atoms with Gasteiger partial charge in [-0.2, -0.15) is 5.21 Å². The maximum atomic E-state index is 12.8. The zero-order chi connectivity index (χ0) is 25.4. The van der Waals surface area contributed by atoms with Crippen LogP contribution in [0, 0.1) is 6.92 Å². The fourth-order valence-corrected chi connectivity index (χ4v) is 4.84. The fourth-order valence-electron chi connectivity index (χ4n) is 4.72. The van der Waals surface area contributed by atoms with Crippen LogP contribution in [0.5, 0.6) is 0 Å². The molecule has 0 aliphatic heterocycles. The molecule has 0 saturated carbocycles. The number of carbonyl (C=O) groups is 1. The van der Waals surface area contributed by atoms with Gasteiger partial charge >= 0.3 is 0 Å². The van der Waals surface area contributed by atoms with E-state index in [0.717, 1.165) is 38.7 Å². The maximum Gasteiger partial charge on any atom is 0.251 e. The molecular weight excluding hydrogens is 484 g/mol. The highest BCUT2D eigenvalue weighted by Gasteiger charge is 2.15. The number of carbonyl (C=O) groups excluding carboxylic acids is 1. The number of aryl methyl sites for hydroxylation is 1. The minimum Gasteiger partial charge on any atom is -0.348 e. The van der Waals surface area contributed by atoms with Gasteiger partial charge in [0.1, 0.15) is 0 Å². The topological polar surface area (TPSA) is 88.5 Å². The van der Waals surface area contributed by atoms with Crippen molar-refractivity contribution < 1.29 is 4.79 Å². The number of fused-ring (bicyclic) bond motifs is 3. The van der Waals surface area contributed by atoms with E-state index in [9.17, 15) is 4.79 Å². The van der Waals surface area contributed by atoms with Crippen molar-refractivity contribution >= 4 is 39.3 Å². The average molecular weight is 507 g/mol. The number of halogens is 1. The predicted octanol–water partition coefficient (Wildman–Crippen LogP) is 5.91. The number of nitrogens with one attached hydrogen (secondary N) is 2. The predicted molar refractivity (Wildman–Crippen MR) is 146 cm³/mol. The van der Waals surface area contributed by atoms with Gasteiger partial charge in [-0.25, -0.2) is 0 Å². The molecule has 0 aliphatic carbocycles. The number of aromatic nitrogens is 5. The number of amides is 1. The van der Waals surface area contributed by atoms with Crippen LogP contribution >= 0.6 is 11.6 Å². The van der Waals surface area contributed by atoms with Crippen LogP contribution in [0.15, 0.2) is 84.9 Å². The lowest BCUT2D eigenvalue weighted by Gasteiger charge is -2.12. The molecule has 0 atom stereocenters. The monoisotopic (exact) mass is 506 g/mol. The Bertz CT molecular complexity index is 1740. The van der Waals surface area contributed by atoms with Crippen LogP contribution in [0.4, 0.5) is 0 Å². The third kappa shape index (κ3) is 4.45. The Morgan fingerprint density at radius 2 is 1.76 bits per heavy atom. The summed E-state index contributed by atoms with van der Waals surface area (Å²) in [4.78, 5) is 12.8. The molecule has 8 heteroatoms. The average Bonchev–Trinajstić information content (AvgIpc) is 3.56. The van der Waals surface area contributed by atoms with Crippen LogP contribution in [0.25, 0.3) is 33.2 Å². The number of hydrogen-bond acceptors (Lipinski definition) is 4. The van der Waals surface area contributed by atoms with E-state index in [1.165, 1.54) is 5.39 Å². The van der Waals surface area contributed by atoms with Gasteiger partial charge in [0.25, 0.3) is 5.91 Å². The van der Waals surface area contributed by atoms with E-state index < -0.39 is 0 Å². The van der Waals surface area contributed by atoms with E-state index in [1.807, 2.05) is 55.5 Å². The molecule has 2 heterocycles. The summed E-state index contributed by atoms with van der Waals surface area (Å²) in [5.41, 5.74) is 7.04. The minimum absolute atomic E-state index is 0.101. The van der Waals surface area contributed by atoms with Crippen molar-refractivity contribution in [2.45, 2.75) is 20.0 Å². The van der Waals surface area contributed by atoms with E-state index in [1.54, 1.807) is 0 Å². The molecule has 7 nitrogen and oxygen atoms in total. The summed E-state index contributed by atoms with van der Waals surface area (Å²) in [7, 11) is 0. The largest absolute Gasteiger partial charge is 0.348 e. The van der Waals surface area contributed by atoms with Crippen molar-refractivity contribution in [2.75, 3.05) is 0 Å². The number of rotatable bonds is 6. The quantitative estimate of drug-likeness (QED) is 0.294. The molecule has 0 radical (unpaired) electrons. The van der Waals surface area contributed by atoms with E-state index in [0.29, 0.717) is 29.5 Å². The van der Waals surface area contributed by atoms with Gasteiger partial charge in [-0.05, 0) is 77.4 Å². The van der Waals surface area contributed by atoms with Gasteiger partial charge in [-0.15, -0.1) is 10.2 Å². The first-order valence-electron chi connectivity index (χ1n) is 11.9. The van der Waals surface area contributed by atoms with Crippen LogP contribution in [0.2, 0.25) is 5.02 Å². The Morgan fingerprint density at radius 1 is 0.946 bits per heavy atom. The number of aromatic amines is 1. The lowest BCUT2D eigenvalue weighted by Crippen LogP contribution is -2.23. The highest BCUT2D eigenvalue weighted by atomic mass is 35.5. The van der Waals surface area contributed by atoms with Gasteiger partial charge in [0.2, 0.25) is 5.82 Å². The molecule has 37 heavy (non-hydrogen) atoms. The summed E-state index contributed by atoms with van der Waals surface area (Å²) >= 11 is 5.95. The normalized spacial score (nSPS) is 11.3. The van der Waals surface area contributed by atoms with Gasteiger partial charge < -0.3 is 9.88 Å². The second-order valence-electron chi connectivity index (χ2n) is 9.02. The van der Waals surface area contributed by atoms with E-state index >= 15 is 0 Å². The first-order chi connectivity index (χ1) is 18.1. The Hall–Kier alpha value is -4.49. The third-order valence-corrected chi connectivity index (χ3v) is 6.93. The Kier molecular flexibility index (Phi) is 5.90. The first-order valence-corrected chi connectivity index (χ1v) is 12.3. The molecule has 0 saturated heterocycles. The van der Waals surface area contributed by atoms with E-state index in [2.05, 4.69) is 66.9 Å². The van der Waals surface area contributed by atoms with Crippen molar-refractivity contribution in [3.05, 3.63) is 112 Å². The molecule has 0 bridgehead atoms. The zero-order valence-electron chi connectivity index (χ0n) is 20.1. The molecule has 0 fully saturated rings. The van der Waals surface area contributed by atoms with Crippen LogP contribution in [-0.2, 0) is 13.1 Å². The summed E-state index contributed by atoms with van der Waals surface area (Å²) in [5, 5.41) is 20.4. The molecule has 0 spiro atoms. The van der Waals surface area contributed by atoms with Crippen molar-refractivity contribution in [3.63, 3.8) is 0 Å². The van der Waals surface area contributed by atoms with Crippen LogP contribution in [0.3, 0.4) is 0 Å². The molecule has 4 aromatic carbocycles. The number of hydrogen-bond donors (Lipinski definition) is 2. The number of H-pyrrole nitrogens is 1. The highest BCUT2D eigenvalue weighted by molar-refractivity contribution is 6.30. The molecule has 6 aromatic rings. The molecular formula is C29H23ClN6O. The van der Waals surface area contributed by atoms with E-state index in [-0.39, 0.29) is 5.91 Å². The van der Waals surface area contributed by atoms with Crippen molar-refractivity contribution in [2.24, 2.45) is 0 Å². The SMILES string of the molecule is Cc1cc(C(=O)NCc2ccc(Cl)cc2)ccc1Cn1c2ccccc2c2cc(-c3nn[nH]n3)ccc21. The van der Waals surface area contributed by atoms with Crippen molar-refractivity contribution in [1.82, 2.24) is 30.5 Å². The molecule has 1 amide bonds. The Labute approximate surface area is 218 Å². The van der Waals surface area contributed by atoms with Crippen LogP contribution in [0.1, 0.15) is 27.0 Å². The Morgan fingerprint density at radius 3 is 2.54 bits per heavy atom. The van der Waals surface area contributed by atoms with E-state index in [4.69, 9.17) is 11.6 Å². The maximum absolute atomic E-state index is 12.8. The molecule has 2 N–H and O–H groups in total. The number of benzene rings is 4. The van der Waals surface area contributed by atoms with Gasteiger partial charge in [0.15, 0.2) is 0 Å². The zero-order valence-corrected chi connectivity index (χ0v) is 20.8. The lowest BCUT2D eigenvalue weighted by atomic mass is 10.0. The Balaban J connectivity index is 1.29. The lowest BCUT2D eigenvalue weighted by molar-refractivity contribution is 0.0951. The number of nitrogens with zero attached hydrogens (tertiary/aromatic N) is 4. The second-order valence-corrected chi connectivity index (χ2v) is 9.46. The molecule has 182 valence electrons. The van der Waals surface area contributed by atoms with Gasteiger partial charge in [-0.1, -0.05) is 48.0 Å². The number of tetrazole rings is 1. The summed E-state index contributed by atoms with van der Waals surface area (Å²) in [5.74, 6) is 0.468. The summed E-state index contributed by atoms with van der Waals surface area (Å²) in [6.07, 6.45) is 0. The van der Waals surface area contributed by atoms with Gasteiger partial charge in [-0.3, -0.25) is 4.79 Å². The molecule has 2 aromatic heterocycles. The minimum atomic E-state index is -0.101. The summed E-state index contributed by atoms with van der Waals surface area (Å²) in [6, 6.07) is 28.0. The van der Waals surface area contributed by atoms with Gasteiger partial charge in [0.05, 0.1) is 0 Å². The van der Waals surface area contributed by atoms with Gasteiger partial charge in [0, 0.05) is 51.0 Å². The standard InChI is InChI=1S/C29H23ClN6O/c1-18-14-21(29(37)31-16-19-6-11-23(30)12-7-19)8-9-22(18)17-36-26-5-3-2-4-24(26)25-15-20(10-13-27(25)36)28-32-34-35-33-28/h2-15H,16-17H2,1H3,(H,31,37)(H,32,33,34,35). The van der Waals surface area contributed by atoms with Crippen molar-refractivity contribution in [1.29, 1.82) is 0 Å². The van der Waals surface area contributed by atoms with Crippen LogP contribution in [-0.4, -0.2) is 31.1 Å². The first kappa shape index (κ1) is 22.9. The van der Waals surface area contributed by atoms with Crippen molar-refractivity contribution in [3.8, 4) is 11.4 Å². The number of para-hydroxylation sites is 1. The highest BCUT2D eigenvalue weighted by Crippen LogP contribution is 2.32. The molecule has 0 aliphatic rings. The molecule has 6 rings (SSSR count). The smallest absolute Gasteiger partial charge is 0.251 e. The molecule has 0 unspecified atom stereocenters. The van der Waals surface area contributed by atoms with Crippen LogP contribution < -0.4 is 5.32 Å². The second kappa shape index (κ2) is 9.52. The summed E-state index contributed by atoms with van der Waals surface area (Å²) < 4.78 is 2.31. The third-order valence-electron chi connectivity index (χ3n) is 6.68.